The van der Waals surface area contributed by atoms with Crippen molar-refractivity contribution in [3.63, 3.8) is 0 Å². The number of ether oxygens (including phenoxy) is 2. The third kappa shape index (κ3) is 81.8. The quantitative estimate of drug-likeness (QED) is 0.0211. The van der Waals surface area contributed by atoms with Crippen molar-refractivity contribution in [2.24, 2.45) is 0 Å². The van der Waals surface area contributed by atoms with Gasteiger partial charge in [0.1, 0.15) is 19.8 Å². The van der Waals surface area contributed by atoms with Crippen LogP contribution >= 0.6 is 7.82 Å². The van der Waals surface area contributed by atoms with Crippen molar-refractivity contribution in [2.75, 3.05) is 47.5 Å². The van der Waals surface area contributed by atoms with Crippen LogP contribution in [0.1, 0.15) is 309 Å². The lowest BCUT2D eigenvalue weighted by Crippen LogP contribution is -2.37. The van der Waals surface area contributed by atoms with Crippen molar-refractivity contribution in [1.29, 1.82) is 0 Å². The summed E-state index contributed by atoms with van der Waals surface area (Å²) in [5.74, 6) is -0.813. The van der Waals surface area contributed by atoms with E-state index in [0.717, 1.165) is 148 Å². The summed E-state index contributed by atoms with van der Waals surface area (Å²) >= 11 is 0. The van der Waals surface area contributed by atoms with Crippen molar-refractivity contribution in [3.05, 3.63) is 194 Å². The number of hydrogen-bond donors (Lipinski definition) is 1. The van der Waals surface area contributed by atoms with Crippen LogP contribution in [0.3, 0.4) is 0 Å². The Kier molecular flexibility index (Phi) is 74.0. The van der Waals surface area contributed by atoms with E-state index in [-0.39, 0.29) is 32.0 Å². The van der Waals surface area contributed by atoms with E-state index in [1.165, 1.54) is 128 Å². The highest BCUT2D eigenvalue weighted by Gasteiger charge is 2.27. The fourth-order valence-electron chi connectivity index (χ4n) is 10.6. The zero-order valence-corrected chi connectivity index (χ0v) is 65.5. The molecule has 0 heterocycles. The monoisotopic (exact) mass is 1400 g/mol. The molecule has 0 aliphatic carbocycles. The summed E-state index contributed by atoms with van der Waals surface area (Å²) in [6.45, 7) is 4.20. The van der Waals surface area contributed by atoms with Crippen LogP contribution in [-0.2, 0) is 32.7 Å². The average molecular weight is 1400 g/mol. The van der Waals surface area contributed by atoms with Crippen LogP contribution in [0.15, 0.2) is 194 Å². The predicted octanol–water partition coefficient (Wildman–Crippen LogP) is 27.2. The van der Waals surface area contributed by atoms with Crippen molar-refractivity contribution in [3.8, 4) is 0 Å². The zero-order chi connectivity index (χ0) is 72.5. The molecule has 0 aromatic rings. The Bertz CT molecular complexity index is 2400. The first-order valence-electron chi connectivity index (χ1n) is 40.2. The summed E-state index contributed by atoms with van der Waals surface area (Å²) in [4.78, 5) is 36.0. The first kappa shape index (κ1) is 94.8. The van der Waals surface area contributed by atoms with Gasteiger partial charge in [-0.25, -0.2) is 4.57 Å². The molecule has 2 atom stereocenters. The molecule has 0 aromatic carbocycles. The molecule has 0 bridgehead atoms. The Hall–Kier alpha value is -5.15. The van der Waals surface area contributed by atoms with Crippen LogP contribution in [0.25, 0.3) is 0 Å². The Balaban J connectivity index is 4.07. The maximum atomic E-state index is 12.9. The number of carbonyl (C=O) groups is 2. The summed E-state index contributed by atoms with van der Waals surface area (Å²) in [6.07, 6.45) is 121. The van der Waals surface area contributed by atoms with Gasteiger partial charge in [0.25, 0.3) is 0 Å². The number of phosphoric ester groups is 1. The van der Waals surface area contributed by atoms with E-state index in [2.05, 4.69) is 208 Å². The highest BCUT2D eigenvalue weighted by Crippen LogP contribution is 2.43. The minimum atomic E-state index is -4.41. The summed E-state index contributed by atoms with van der Waals surface area (Å²) in [5.41, 5.74) is 0. The second-order valence-corrected chi connectivity index (χ2v) is 28.8. The van der Waals surface area contributed by atoms with Gasteiger partial charge in [-0.15, -0.1) is 0 Å². The van der Waals surface area contributed by atoms with E-state index in [4.69, 9.17) is 18.5 Å². The maximum Gasteiger partial charge on any atom is 0.472 e. The molecule has 0 saturated carbocycles. The second kappa shape index (κ2) is 78.0. The van der Waals surface area contributed by atoms with E-state index in [9.17, 15) is 19.0 Å². The molecule has 0 aliphatic rings. The zero-order valence-electron chi connectivity index (χ0n) is 64.6. The van der Waals surface area contributed by atoms with E-state index in [1.807, 2.05) is 21.1 Å². The van der Waals surface area contributed by atoms with Gasteiger partial charge in [0.15, 0.2) is 6.10 Å². The number of carbonyl (C=O) groups excluding carboxylic acids is 2. The van der Waals surface area contributed by atoms with Crippen LogP contribution in [-0.4, -0.2) is 74.9 Å². The van der Waals surface area contributed by atoms with Crippen LogP contribution in [0, 0.1) is 0 Å². The topological polar surface area (TPSA) is 108 Å². The van der Waals surface area contributed by atoms with Gasteiger partial charge in [-0.2, -0.15) is 0 Å². The molecule has 0 spiro atoms. The highest BCUT2D eigenvalue weighted by atomic mass is 31.2. The van der Waals surface area contributed by atoms with E-state index < -0.39 is 26.5 Å². The Morgan fingerprint density at radius 2 is 0.540 bits per heavy atom. The summed E-state index contributed by atoms with van der Waals surface area (Å²) < 4.78 is 34.8. The fourth-order valence-corrected chi connectivity index (χ4v) is 11.3. The van der Waals surface area contributed by atoms with Crippen LogP contribution in [0.4, 0.5) is 0 Å². The Labute approximate surface area is 615 Å². The molecule has 1 N–H and O–H groups in total. The molecule has 10 heteroatoms. The van der Waals surface area contributed by atoms with Gasteiger partial charge < -0.3 is 18.9 Å². The number of nitrogens with zero attached hydrogens (tertiary/aromatic N) is 1. The number of rotatable bonds is 72. The molecular weight excluding hydrogens is 1250 g/mol. The number of quaternary nitrogens is 1. The lowest BCUT2D eigenvalue weighted by atomic mass is 10.0. The molecule has 566 valence electrons. The lowest BCUT2D eigenvalue weighted by molar-refractivity contribution is -0.870. The number of likely N-dealkylation sites (N-methyl/N-ethyl adjacent to an activating group) is 1. The number of unbranched alkanes of at least 4 members (excludes halogenated alkanes) is 26. The average Bonchev–Trinajstić information content (AvgIpc) is 1.30. The maximum absolute atomic E-state index is 12.9. The minimum Gasteiger partial charge on any atom is -0.462 e. The van der Waals surface area contributed by atoms with Crippen LogP contribution in [0.5, 0.6) is 0 Å². The highest BCUT2D eigenvalue weighted by molar-refractivity contribution is 7.47. The van der Waals surface area contributed by atoms with Gasteiger partial charge in [0, 0.05) is 12.8 Å². The summed E-state index contributed by atoms with van der Waals surface area (Å²) in [5, 5.41) is 0. The third-order valence-electron chi connectivity index (χ3n) is 16.6. The van der Waals surface area contributed by atoms with Gasteiger partial charge in [0.2, 0.25) is 0 Å². The molecule has 100 heavy (non-hydrogen) atoms. The Morgan fingerprint density at radius 3 is 0.800 bits per heavy atom. The van der Waals surface area contributed by atoms with Crippen molar-refractivity contribution in [1.82, 2.24) is 0 Å². The summed E-state index contributed by atoms with van der Waals surface area (Å²) in [7, 11) is 1.45. The first-order chi connectivity index (χ1) is 49.0. The number of esters is 2. The van der Waals surface area contributed by atoms with Crippen LogP contribution < -0.4 is 0 Å². The molecule has 9 nitrogen and oxygen atoms in total. The predicted molar refractivity (Wildman–Crippen MR) is 435 cm³/mol. The van der Waals surface area contributed by atoms with E-state index >= 15 is 0 Å². The van der Waals surface area contributed by atoms with Crippen molar-refractivity contribution in [2.45, 2.75) is 315 Å². The van der Waals surface area contributed by atoms with Crippen molar-refractivity contribution >= 4 is 19.8 Å². The fraction of sp³-hybridized carbons (Fsp3) is 0.622. The normalized spacial score (nSPS) is 14.1. The van der Waals surface area contributed by atoms with E-state index in [1.54, 1.807) is 0 Å². The Morgan fingerprint density at radius 1 is 0.310 bits per heavy atom. The molecule has 2 unspecified atom stereocenters. The SMILES string of the molecule is CC/C=C\C/C=C\C/C=C\C/C=C\C/C=C\C/C=C\C/C=C\C/C=C\C/C=C\C/C=C\C/C=C\CCCCCCCCCC(=O)OC(COC(=O)CCCCCCCCCCCCCCCCCCCCC/C=C\C/C=C\C/C=C\C/C=C\C/C=C\CC)COP(=O)(O)OCC[N+](C)(C)C. The van der Waals surface area contributed by atoms with Gasteiger partial charge in [-0.3, -0.25) is 18.6 Å². The largest absolute Gasteiger partial charge is 0.472 e. The van der Waals surface area contributed by atoms with E-state index in [0.29, 0.717) is 17.4 Å². The minimum absolute atomic E-state index is 0.0214. The number of phosphoric acid groups is 1. The first-order valence-corrected chi connectivity index (χ1v) is 41.7. The van der Waals surface area contributed by atoms with Gasteiger partial charge in [0.05, 0.1) is 27.7 Å². The van der Waals surface area contributed by atoms with Gasteiger partial charge >= 0.3 is 19.8 Å². The third-order valence-corrected chi connectivity index (χ3v) is 17.6. The lowest BCUT2D eigenvalue weighted by Gasteiger charge is -2.24. The number of allylic oxidation sites excluding steroid dienone is 32. The van der Waals surface area contributed by atoms with Gasteiger partial charge in [-0.1, -0.05) is 350 Å². The van der Waals surface area contributed by atoms with Crippen molar-refractivity contribution < 1.29 is 42.1 Å². The standard InChI is InChI=1S/C90H148NO8P/c1-6-8-10-12-14-16-18-20-22-24-26-28-30-32-34-36-38-40-42-43-44-45-46-47-49-51-53-55-57-59-61-63-65-67-69-71-73-75-77-79-81-83-90(93)99-88(87-98-100(94,95)97-85-84-91(3,4)5)86-96-89(92)82-80-78-76-74-72-70-68-66-64-62-60-58-56-54-52-50-48-41-39-37-35-33-31-29-27-25-23-21-19-17-15-13-11-9-7-2/h8-11,14-17,20-23,26-29,32-35,38,40,43-44,46-47,51,53,57,59,63,65,88H,6-7,12-13,18-19,24-25,30-31,36-37,39,41-42,45,48-50,52,54-56,58,60-62,64,66-87H2,1-5H3/p+1/b10-8-,11-9-,16-14-,17-15-,22-20-,23-21-,28-26-,29-27-,34-32-,35-33-,40-38-,44-43-,47-46-,53-51-,59-57-,65-63-. The molecule has 0 fully saturated rings. The smallest absolute Gasteiger partial charge is 0.462 e. The molecular formula is C90H149NO8P+. The second-order valence-electron chi connectivity index (χ2n) is 27.3. The molecule has 0 aliphatic heterocycles. The molecule has 0 radical (unpaired) electrons. The van der Waals surface area contributed by atoms with Crippen LogP contribution in [0.2, 0.25) is 0 Å². The van der Waals surface area contributed by atoms with Gasteiger partial charge in [-0.05, 0) is 141 Å². The molecule has 0 aromatic heterocycles. The molecule has 0 amide bonds. The molecule has 0 rings (SSSR count). The molecule has 0 saturated heterocycles. The number of hydrogen-bond acceptors (Lipinski definition) is 7. The summed E-state index contributed by atoms with van der Waals surface area (Å²) in [6, 6.07) is 0.